The van der Waals surface area contributed by atoms with Gasteiger partial charge in [0.05, 0.1) is 11.4 Å². The normalized spacial score (nSPS) is 21.0. The third-order valence-electron chi connectivity index (χ3n) is 4.98. The number of nitrogens with one attached hydrogen (secondary N) is 2. The molecule has 0 aromatic heterocycles. The van der Waals surface area contributed by atoms with Crippen LogP contribution in [0.2, 0.25) is 0 Å². The highest BCUT2D eigenvalue weighted by molar-refractivity contribution is 6.01. The van der Waals surface area contributed by atoms with E-state index in [2.05, 4.69) is 10.6 Å². The number of benzene rings is 1. The molecule has 31 heavy (non-hydrogen) atoms. The van der Waals surface area contributed by atoms with Gasteiger partial charge in [-0.05, 0) is 17.5 Å². The molecular weight excluding hydrogens is 402 g/mol. The number of aliphatic hydroxyl groups excluding tert-OH is 3. The van der Waals surface area contributed by atoms with Crippen molar-refractivity contribution < 1.29 is 29.6 Å². The van der Waals surface area contributed by atoms with Gasteiger partial charge in [-0.15, -0.1) is 0 Å². The monoisotopic (exact) mass is 435 g/mol. The summed E-state index contributed by atoms with van der Waals surface area (Å²) in [6.07, 6.45) is -3.21. The molecule has 0 fully saturated rings. The van der Waals surface area contributed by atoms with Gasteiger partial charge in [0.15, 0.2) is 6.10 Å². The van der Waals surface area contributed by atoms with E-state index in [0.717, 1.165) is 5.69 Å². The molecule has 172 valence electrons. The van der Waals surface area contributed by atoms with E-state index in [1.54, 1.807) is 25.3 Å². The number of para-hydroxylation sites is 2. The smallest absolute Gasteiger partial charge is 0.252 e. The number of nitrogens with zero attached hydrogens (tertiary/aromatic N) is 1. The Kier molecular flexibility index (Phi) is 8.19. The van der Waals surface area contributed by atoms with Crippen molar-refractivity contribution in [3.63, 3.8) is 0 Å². The second-order valence-corrected chi connectivity index (χ2v) is 8.80. The number of aliphatic hydroxyl groups is 3. The van der Waals surface area contributed by atoms with Crippen LogP contribution in [0.15, 0.2) is 36.4 Å². The highest BCUT2D eigenvalue weighted by Crippen LogP contribution is 2.27. The van der Waals surface area contributed by atoms with E-state index >= 15 is 0 Å². The summed E-state index contributed by atoms with van der Waals surface area (Å²) >= 11 is 0. The van der Waals surface area contributed by atoms with E-state index in [-0.39, 0.29) is 12.0 Å². The molecule has 0 saturated carbocycles. The number of hydrogen-bond acceptors (Lipinski definition) is 7. The largest absolute Gasteiger partial charge is 0.387 e. The predicted molar refractivity (Wildman–Crippen MR) is 118 cm³/mol. The Morgan fingerprint density at radius 2 is 1.90 bits per heavy atom. The lowest BCUT2D eigenvalue weighted by molar-refractivity contribution is -0.150. The number of anilines is 2. The van der Waals surface area contributed by atoms with Gasteiger partial charge in [-0.25, -0.2) is 0 Å². The van der Waals surface area contributed by atoms with E-state index in [1.807, 2.05) is 37.8 Å². The summed E-state index contributed by atoms with van der Waals surface area (Å²) in [6.45, 7) is 5.94. The molecule has 0 radical (unpaired) electrons. The van der Waals surface area contributed by atoms with Crippen LogP contribution in [0.5, 0.6) is 0 Å². The molecule has 1 unspecified atom stereocenters. The van der Waals surface area contributed by atoms with Crippen LogP contribution >= 0.6 is 0 Å². The quantitative estimate of drug-likeness (QED) is 0.388. The number of fused-ring (bicyclic) bond motifs is 1. The number of carbonyl (C=O) groups excluding carboxylic acids is 2. The summed E-state index contributed by atoms with van der Waals surface area (Å²) in [7, 11) is 3.00. The first kappa shape index (κ1) is 24.8. The Hall–Kier alpha value is -2.46. The number of ether oxygens (including phenoxy) is 1. The van der Waals surface area contributed by atoms with E-state index in [1.165, 1.54) is 13.2 Å². The fourth-order valence-corrected chi connectivity index (χ4v) is 3.24. The Labute approximate surface area is 182 Å². The molecule has 0 saturated heterocycles. The molecule has 1 aromatic carbocycles. The third kappa shape index (κ3) is 6.51. The number of allylic oxidation sites excluding steroid dienone is 1. The summed E-state index contributed by atoms with van der Waals surface area (Å²) in [5.41, 5.74) is 1.19. The van der Waals surface area contributed by atoms with Crippen molar-refractivity contribution in [2.75, 3.05) is 30.9 Å². The summed E-state index contributed by atoms with van der Waals surface area (Å²) in [5.74, 6) is -1.19. The van der Waals surface area contributed by atoms with Crippen molar-refractivity contribution in [3.8, 4) is 0 Å². The first-order valence-corrected chi connectivity index (χ1v) is 10.1. The predicted octanol–water partition coefficient (Wildman–Crippen LogP) is 0.260. The number of likely N-dealkylation sites (N-methyl/N-ethyl adjacent to an activating group) is 1. The minimum Gasteiger partial charge on any atom is -0.387 e. The lowest BCUT2D eigenvalue weighted by Gasteiger charge is -2.29. The molecule has 0 spiro atoms. The van der Waals surface area contributed by atoms with Crippen molar-refractivity contribution >= 4 is 23.2 Å². The number of amides is 2. The number of hydrogen-bond donors (Lipinski definition) is 5. The summed E-state index contributed by atoms with van der Waals surface area (Å²) in [5, 5.41) is 36.2. The zero-order chi connectivity index (χ0) is 23.3. The summed E-state index contributed by atoms with van der Waals surface area (Å²) in [6, 6.07) is 6.34. The van der Waals surface area contributed by atoms with Gasteiger partial charge in [-0.2, -0.15) is 0 Å². The molecule has 0 bridgehead atoms. The van der Waals surface area contributed by atoms with Crippen LogP contribution in [0.4, 0.5) is 11.4 Å². The van der Waals surface area contributed by atoms with Gasteiger partial charge < -0.3 is 35.6 Å². The minimum absolute atomic E-state index is 0.195. The average Bonchev–Trinajstić information content (AvgIpc) is 2.81. The van der Waals surface area contributed by atoms with Crippen molar-refractivity contribution in [1.82, 2.24) is 5.32 Å². The third-order valence-corrected chi connectivity index (χ3v) is 4.98. The topological polar surface area (TPSA) is 131 Å². The van der Waals surface area contributed by atoms with Crippen molar-refractivity contribution in [3.05, 3.63) is 36.4 Å². The Morgan fingerprint density at radius 3 is 2.52 bits per heavy atom. The van der Waals surface area contributed by atoms with Gasteiger partial charge in [0, 0.05) is 20.7 Å². The fourth-order valence-electron chi connectivity index (χ4n) is 3.24. The lowest BCUT2D eigenvalue weighted by atomic mass is 9.94. The summed E-state index contributed by atoms with van der Waals surface area (Å²) < 4.78 is 5.08. The van der Waals surface area contributed by atoms with Gasteiger partial charge in [-0.3, -0.25) is 9.59 Å². The highest BCUT2D eigenvalue weighted by Gasteiger charge is 2.37. The molecule has 9 nitrogen and oxygen atoms in total. The fraction of sp³-hybridized carbons (Fsp3) is 0.545. The molecular formula is C22H33N3O6. The van der Waals surface area contributed by atoms with Gasteiger partial charge >= 0.3 is 0 Å². The van der Waals surface area contributed by atoms with Crippen LogP contribution in [-0.2, 0) is 14.3 Å². The molecule has 2 amide bonds. The molecule has 0 aliphatic carbocycles. The van der Waals surface area contributed by atoms with Gasteiger partial charge in [0.2, 0.25) is 5.91 Å². The van der Waals surface area contributed by atoms with E-state index in [9.17, 15) is 24.9 Å². The summed E-state index contributed by atoms with van der Waals surface area (Å²) in [4.78, 5) is 27.2. The van der Waals surface area contributed by atoms with Gasteiger partial charge in [0.25, 0.3) is 5.91 Å². The number of rotatable bonds is 7. The maximum Gasteiger partial charge on any atom is 0.252 e. The van der Waals surface area contributed by atoms with E-state index < -0.39 is 42.3 Å². The van der Waals surface area contributed by atoms with Crippen LogP contribution in [0.25, 0.3) is 0 Å². The number of methoxy groups -OCH3 is 1. The highest BCUT2D eigenvalue weighted by atomic mass is 16.5. The first-order valence-electron chi connectivity index (χ1n) is 10.1. The maximum absolute atomic E-state index is 12.8. The van der Waals surface area contributed by atoms with Crippen LogP contribution in [0, 0.1) is 5.41 Å². The van der Waals surface area contributed by atoms with Gasteiger partial charge in [-0.1, -0.05) is 45.1 Å². The van der Waals surface area contributed by atoms with Crippen molar-refractivity contribution in [2.45, 2.75) is 51.2 Å². The SMILES string of the molecule is CO[C@@H](C(=O)NC1CN(C)c2ccccc2NC1=O)[C@H](O)[C@@H](O)[C@H](O)C=CC(C)(C)C. The molecule has 5 N–H and O–H groups in total. The zero-order valence-electron chi connectivity index (χ0n) is 18.6. The Balaban J connectivity index is 2.08. The minimum atomic E-state index is -1.71. The molecule has 5 atom stereocenters. The van der Waals surface area contributed by atoms with E-state index in [4.69, 9.17) is 4.74 Å². The van der Waals surface area contributed by atoms with Crippen molar-refractivity contribution in [1.29, 1.82) is 0 Å². The number of carbonyl (C=O) groups is 2. The van der Waals surface area contributed by atoms with Crippen LogP contribution in [0.1, 0.15) is 20.8 Å². The molecule has 9 heteroatoms. The average molecular weight is 436 g/mol. The Morgan fingerprint density at radius 1 is 1.26 bits per heavy atom. The van der Waals surface area contributed by atoms with Gasteiger partial charge in [0.1, 0.15) is 24.4 Å². The lowest BCUT2D eigenvalue weighted by Crippen LogP contribution is -2.56. The van der Waals surface area contributed by atoms with Crippen LogP contribution in [0.3, 0.4) is 0 Å². The maximum atomic E-state index is 12.8. The Bertz CT molecular complexity index is 807. The molecule has 1 aliphatic heterocycles. The molecule has 1 aliphatic rings. The van der Waals surface area contributed by atoms with Crippen LogP contribution in [-0.4, -0.2) is 78.3 Å². The molecule has 1 heterocycles. The second kappa shape index (κ2) is 10.2. The van der Waals surface area contributed by atoms with E-state index in [0.29, 0.717) is 5.69 Å². The first-order chi connectivity index (χ1) is 14.4. The standard InChI is InChI=1S/C22H33N3O6/c1-22(2,3)11-10-16(26)17(27)18(28)19(31-5)21(30)24-14-12-25(4)15-9-7-6-8-13(15)23-20(14)29/h6-11,14,16-19,26-28H,12H2,1-5H3,(H,23,29)(H,24,30)/t14?,16-,17+,18-,19-/m1/s1. The zero-order valence-corrected chi connectivity index (χ0v) is 18.6. The second-order valence-electron chi connectivity index (χ2n) is 8.80. The molecule has 2 rings (SSSR count). The molecule has 1 aromatic rings. The van der Waals surface area contributed by atoms with Crippen molar-refractivity contribution in [2.24, 2.45) is 5.41 Å². The van der Waals surface area contributed by atoms with Crippen LogP contribution < -0.4 is 15.5 Å².